The predicted octanol–water partition coefficient (Wildman–Crippen LogP) is 2.43. The molecule has 2 rings (SSSR count). The van der Waals surface area contributed by atoms with Crippen LogP contribution in [0.3, 0.4) is 0 Å². The largest absolute Gasteiger partial charge is 0.466 e. The van der Waals surface area contributed by atoms with Crippen molar-refractivity contribution in [2.45, 2.75) is 18.2 Å². The number of aromatic nitrogens is 1. The molecule has 1 atom stereocenters. The fourth-order valence-corrected chi connectivity index (χ4v) is 1.83. The highest BCUT2D eigenvalue weighted by atomic mass is 19.4. The number of likely N-dealkylation sites (tertiary alicyclic amines) is 1. The molecule has 8 heteroatoms. The molecule has 106 valence electrons. The van der Waals surface area contributed by atoms with Gasteiger partial charge in [-0.15, -0.1) is 0 Å². The molecule has 1 aliphatic heterocycles. The summed E-state index contributed by atoms with van der Waals surface area (Å²) in [5, 5.41) is 0. The van der Waals surface area contributed by atoms with Crippen molar-refractivity contribution in [1.82, 2.24) is 9.88 Å². The second kappa shape index (κ2) is 4.59. The third kappa shape index (κ3) is 3.12. The summed E-state index contributed by atoms with van der Waals surface area (Å²) in [7, 11) is 1.51. The first-order chi connectivity index (χ1) is 8.68. The summed E-state index contributed by atoms with van der Waals surface area (Å²) >= 11 is 0. The van der Waals surface area contributed by atoms with Gasteiger partial charge < -0.3 is 4.74 Å². The van der Waals surface area contributed by atoms with Gasteiger partial charge in [-0.3, -0.25) is 4.90 Å². The first-order valence-corrected chi connectivity index (χ1v) is 5.45. The molecule has 19 heavy (non-hydrogen) atoms. The first kappa shape index (κ1) is 14.0. The standard InChI is InChI=1S/C11H11F5N2O/c1-18-5-8(10(12,13)6-18)19-9-3-2-7(4-17-9)11(14,15)16/h2-4,8H,5-6H2,1H3. The van der Waals surface area contributed by atoms with E-state index < -0.39 is 30.3 Å². The number of ether oxygens (including phenoxy) is 1. The molecule has 0 spiro atoms. The summed E-state index contributed by atoms with van der Waals surface area (Å²) in [5.74, 6) is -3.29. The van der Waals surface area contributed by atoms with E-state index in [1.165, 1.54) is 11.9 Å². The molecule has 0 aliphatic carbocycles. The summed E-state index contributed by atoms with van der Waals surface area (Å²) < 4.78 is 68.7. The molecule has 0 bridgehead atoms. The van der Waals surface area contributed by atoms with E-state index in [4.69, 9.17) is 4.74 Å². The second-order valence-corrected chi connectivity index (χ2v) is 4.45. The Labute approximate surface area is 106 Å². The number of nitrogens with zero attached hydrogens (tertiary/aromatic N) is 2. The van der Waals surface area contributed by atoms with Crippen LogP contribution in [0.1, 0.15) is 5.56 Å². The zero-order valence-electron chi connectivity index (χ0n) is 9.92. The molecule has 1 aliphatic rings. The van der Waals surface area contributed by atoms with Gasteiger partial charge in [0.05, 0.1) is 12.1 Å². The summed E-state index contributed by atoms with van der Waals surface area (Å²) in [5.41, 5.74) is -0.949. The van der Waals surface area contributed by atoms with Crippen LogP contribution >= 0.6 is 0 Å². The lowest BCUT2D eigenvalue weighted by Gasteiger charge is -2.18. The van der Waals surface area contributed by atoms with Crippen LogP contribution in [-0.2, 0) is 6.18 Å². The fraction of sp³-hybridized carbons (Fsp3) is 0.545. The maximum absolute atomic E-state index is 13.4. The van der Waals surface area contributed by atoms with E-state index >= 15 is 0 Å². The molecule has 1 aromatic heterocycles. The molecule has 0 saturated carbocycles. The second-order valence-electron chi connectivity index (χ2n) is 4.45. The van der Waals surface area contributed by atoms with Gasteiger partial charge in [-0.25, -0.2) is 13.8 Å². The Kier molecular flexibility index (Phi) is 3.38. The van der Waals surface area contributed by atoms with E-state index in [0.29, 0.717) is 6.20 Å². The highest BCUT2D eigenvalue weighted by Crippen LogP contribution is 2.32. The van der Waals surface area contributed by atoms with Crippen LogP contribution in [-0.4, -0.2) is 42.0 Å². The highest BCUT2D eigenvalue weighted by molar-refractivity contribution is 5.20. The quantitative estimate of drug-likeness (QED) is 0.779. The van der Waals surface area contributed by atoms with E-state index in [0.717, 1.165) is 12.1 Å². The predicted molar refractivity (Wildman–Crippen MR) is 56.1 cm³/mol. The van der Waals surface area contributed by atoms with Crippen molar-refractivity contribution in [3.05, 3.63) is 23.9 Å². The van der Waals surface area contributed by atoms with Crippen molar-refractivity contribution in [1.29, 1.82) is 0 Å². The molecule has 0 amide bonds. The Morgan fingerprint density at radius 1 is 1.37 bits per heavy atom. The number of halogens is 5. The first-order valence-electron chi connectivity index (χ1n) is 5.45. The van der Waals surface area contributed by atoms with E-state index in [2.05, 4.69) is 4.98 Å². The zero-order chi connectivity index (χ0) is 14.3. The van der Waals surface area contributed by atoms with Crippen LogP contribution in [0.15, 0.2) is 18.3 Å². The van der Waals surface area contributed by atoms with Crippen molar-refractivity contribution >= 4 is 0 Å². The molecular formula is C11H11F5N2O. The highest BCUT2D eigenvalue weighted by Gasteiger charge is 2.49. The van der Waals surface area contributed by atoms with Crippen molar-refractivity contribution in [2.24, 2.45) is 0 Å². The SMILES string of the molecule is CN1CC(Oc2ccc(C(F)(F)F)cn2)C(F)(F)C1. The van der Waals surface area contributed by atoms with Gasteiger partial charge in [0, 0.05) is 18.8 Å². The van der Waals surface area contributed by atoms with Crippen molar-refractivity contribution in [2.75, 3.05) is 20.1 Å². The van der Waals surface area contributed by atoms with Crippen LogP contribution in [0.2, 0.25) is 0 Å². The van der Waals surface area contributed by atoms with E-state index in [1.807, 2.05) is 0 Å². The number of pyridine rings is 1. The molecule has 0 radical (unpaired) electrons. The van der Waals surface area contributed by atoms with E-state index in [9.17, 15) is 22.0 Å². The smallest absolute Gasteiger partial charge is 0.417 e. The summed E-state index contributed by atoms with van der Waals surface area (Å²) in [6.07, 6.45) is -5.35. The normalized spacial score (nSPS) is 23.6. The summed E-state index contributed by atoms with van der Waals surface area (Å²) in [4.78, 5) is 4.79. The van der Waals surface area contributed by atoms with Crippen molar-refractivity contribution < 1.29 is 26.7 Å². The summed E-state index contributed by atoms with van der Waals surface area (Å²) in [6.45, 7) is -0.450. The Morgan fingerprint density at radius 2 is 2.05 bits per heavy atom. The van der Waals surface area contributed by atoms with Crippen LogP contribution in [0.5, 0.6) is 5.88 Å². The lowest BCUT2D eigenvalue weighted by atomic mass is 10.2. The maximum Gasteiger partial charge on any atom is 0.417 e. The lowest BCUT2D eigenvalue weighted by Crippen LogP contribution is -2.36. The minimum absolute atomic E-state index is 0.00426. The van der Waals surface area contributed by atoms with Gasteiger partial charge in [0.2, 0.25) is 5.88 Å². The van der Waals surface area contributed by atoms with Gasteiger partial charge in [0.1, 0.15) is 0 Å². The molecule has 0 aromatic carbocycles. The molecule has 0 N–H and O–H groups in total. The number of hydrogen-bond acceptors (Lipinski definition) is 3. The number of alkyl halides is 5. The Bertz CT molecular complexity index is 445. The van der Waals surface area contributed by atoms with Crippen molar-refractivity contribution in [3.63, 3.8) is 0 Å². The van der Waals surface area contributed by atoms with Gasteiger partial charge in [0.25, 0.3) is 5.92 Å². The molecule has 1 aromatic rings. The van der Waals surface area contributed by atoms with Crippen LogP contribution in [0.4, 0.5) is 22.0 Å². The lowest BCUT2D eigenvalue weighted by molar-refractivity contribution is -0.137. The average Bonchev–Trinajstić information content (AvgIpc) is 2.51. The maximum atomic E-state index is 13.4. The molecule has 3 nitrogen and oxygen atoms in total. The van der Waals surface area contributed by atoms with Gasteiger partial charge in [0.15, 0.2) is 6.10 Å². The Balaban J connectivity index is 2.08. The third-order valence-corrected chi connectivity index (χ3v) is 2.76. The van der Waals surface area contributed by atoms with Crippen molar-refractivity contribution in [3.8, 4) is 5.88 Å². The van der Waals surface area contributed by atoms with Crippen LogP contribution in [0.25, 0.3) is 0 Å². The zero-order valence-corrected chi connectivity index (χ0v) is 9.92. The fourth-order valence-electron chi connectivity index (χ4n) is 1.83. The number of rotatable bonds is 2. The van der Waals surface area contributed by atoms with Gasteiger partial charge >= 0.3 is 6.18 Å². The molecule has 1 saturated heterocycles. The average molecular weight is 282 g/mol. The minimum Gasteiger partial charge on any atom is -0.466 e. The van der Waals surface area contributed by atoms with Crippen LogP contribution < -0.4 is 4.74 Å². The Hall–Kier alpha value is -1.44. The molecule has 1 fully saturated rings. The van der Waals surface area contributed by atoms with E-state index in [1.54, 1.807) is 0 Å². The van der Waals surface area contributed by atoms with E-state index in [-0.39, 0.29) is 12.4 Å². The van der Waals surface area contributed by atoms with Gasteiger partial charge in [-0.1, -0.05) is 0 Å². The van der Waals surface area contributed by atoms with Gasteiger partial charge in [-0.2, -0.15) is 13.2 Å². The van der Waals surface area contributed by atoms with Gasteiger partial charge in [-0.05, 0) is 13.1 Å². The van der Waals surface area contributed by atoms with Crippen LogP contribution in [0, 0.1) is 0 Å². The number of hydrogen-bond donors (Lipinski definition) is 0. The number of likely N-dealkylation sites (N-methyl/N-ethyl adjacent to an activating group) is 1. The minimum atomic E-state index is -4.51. The monoisotopic (exact) mass is 282 g/mol. The summed E-state index contributed by atoms with van der Waals surface area (Å²) in [6, 6.07) is 1.69. The molecule has 1 unspecified atom stereocenters. The third-order valence-electron chi connectivity index (χ3n) is 2.76. The Morgan fingerprint density at radius 3 is 2.47 bits per heavy atom. The molecule has 2 heterocycles. The molecular weight excluding hydrogens is 271 g/mol. The topological polar surface area (TPSA) is 25.4 Å².